The molecule has 1 N–H and O–H groups in total. The van der Waals surface area contributed by atoms with Gasteiger partial charge in [0.1, 0.15) is 12.6 Å². The molecule has 0 saturated carbocycles. The molecule has 4 aromatic carbocycles. The summed E-state index contributed by atoms with van der Waals surface area (Å²) in [5, 5.41) is 3.46. The molecule has 0 radical (unpaired) electrons. The molecule has 0 aliphatic rings. The van der Waals surface area contributed by atoms with Gasteiger partial charge in [-0.25, -0.2) is 8.42 Å². The number of carbonyl (C=O) groups excluding carboxylic acids is 2. The molecule has 4 rings (SSSR count). The van der Waals surface area contributed by atoms with Crippen molar-refractivity contribution in [3.05, 3.63) is 130 Å². The predicted molar refractivity (Wildman–Crippen MR) is 181 cm³/mol. The van der Waals surface area contributed by atoms with Gasteiger partial charge in [-0.2, -0.15) is 0 Å². The van der Waals surface area contributed by atoms with E-state index < -0.39 is 28.5 Å². The van der Waals surface area contributed by atoms with Crippen molar-refractivity contribution in [1.82, 2.24) is 10.2 Å². The average Bonchev–Trinajstić information content (AvgIpc) is 3.01. The zero-order chi connectivity index (χ0) is 32.6. The zero-order valence-corrected chi connectivity index (χ0v) is 27.8. The Labute approximate surface area is 275 Å². The van der Waals surface area contributed by atoms with Crippen LogP contribution in [0.15, 0.2) is 108 Å². The number of nitrogens with one attached hydrogen (secondary N) is 1. The molecule has 0 unspecified atom stereocenters. The van der Waals surface area contributed by atoms with Gasteiger partial charge in [-0.05, 0) is 61.7 Å². The Hall–Kier alpha value is -3.85. The van der Waals surface area contributed by atoms with Gasteiger partial charge in [-0.3, -0.25) is 13.9 Å². The zero-order valence-electron chi connectivity index (χ0n) is 25.5. The number of anilines is 1. The highest BCUT2D eigenvalue weighted by molar-refractivity contribution is 7.92. The molecule has 236 valence electrons. The van der Waals surface area contributed by atoms with Gasteiger partial charge in [0.2, 0.25) is 11.8 Å². The van der Waals surface area contributed by atoms with E-state index in [0.717, 1.165) is 21.0 Å². The first-order valence-electron chi connectivity index (χ1n) is 14.7. The Morgan fingerprint density at radius 1 is 0.822 bits per heavy atom. The average molecular weight is 667 g/mol. The minimum Gasteiger partial charge on any atom is -0.352 e. The Kier molecular flexibility index (Phi) is 11.7. The van der Waals surface area contributed by atoms with E-state index in [1.165, 1.54) is 35.2 Å². The Bertz CT molecular complexity index is 1700. The van der Waals surface area contributed by atoms with Crippen molar-refractivity contribution in [1.29, 1.82) is 0 Å². The van der Waals surface area contributed by atoms with Crippen molar-refractivity contribution >= 4 is 50.7 Å². The quantitative estimate of drug-likeness (QED) is 0.166. The Morgan fingerprint density at radius 3 is 2.02 bits per heavy atom. The van der Waals surface area contributed by atoms with Crippen LogP contribution < -0.4 is 9.62 Å². The molecule has 45 heavy (non-hydrogen) atoms. The monoisotopic (exact) mass is 665 g/mol. The molecule has 0 heterocycles. The molecule has 2 amide bonds. The lowest BCUT2D eigenvalue weighted by molar-refractivity contribution is -0.140. The van der Waals surface area contributed by atoms with E-state index in [1.54, 1.807) is 18.2 Å². The molecule has 0 aliphatic carbocycles. The summed E-state index contributed by atoms with van der Waals surface area (Å²) >= 11 is 12.6. The van der Waals surface area contributed by atoms with Crippen molar-refractivity contribution in [3.63, 3.8) is 0 Å². The molecule has 4 aromatic rings. The number of hydrogen-bond donors (Lipinski definition) is 1. The number of rotatable bonds is 13. The molecular formula is C35H37Cl2N3O4S. The lowest BCUT2D eigenvalue weighted by atomic mass is 10.0. The van der Waals surface area contributed by atoms with Gasteiger partial charge in [0.25, 0.3) is 10.0 Å². The van der Waals surface area contributed by atoms with Gasteiger partial charge >= 0.3 is 0 Å². The van der Waals surface area contributed by atoms with Crippen LogP contribution in [-0.4, -0.2) is 43.8 Å². The van der Waals surface area contributed by atoms with Crippen molar-refractivity contribution < 1.29 is 18.0 Å². The van der Waals surface area contributed by atoms with Crippen LogP contribution in [0.2, 0.25) is 10.0 Å². The number of hydrogen-bond acceptors (Lipinski definition) is 4. The first-order valence-corrected chi connectivity index (χ1v) is 16.9. The maximum atomic E-state index is 14.5. The minimum atomic E-state index is -4.26. The Balaban J connectivity index is 1.83. The maximum Gasteiger partial charge on any atom is 0.264 e. The van der Waals surface area contributed by atoms with Crippen LogP contribution in [0.1, 0.15) is 37.0 Å². The maximum absolute atomic E-state index is 14.5. The van der Waals surface area contributed by atoms with E-state index in [9.17, 15) is 18.0 Å². The SMILES string of the molecule is CC[C@H](C)NC(=O)[C@H](Cc1ccccc1)N(Cc1cccc(C)c1)C(=O)CN(c1cc(Cl)cc(Cl)c1)S(=O)(=O)c1ccccc1. The fourth-order valence-corrected chi connectivity index (χ4v) is 6.87. The van der Waals surface area contributed by atoms with E-state index in [2.05, 4.69) is 5.32 Å². The summed E-state index contributed by atoms with van der Waals surface area (Å²) in [7, 11) is -4.26. The number of nitrogens with zero attached hydrogens (tertiary/aromatic N) is 2. The largest absolute Gasteiger partial charge is 0.352 e. The van der Waals surface area contributed by atoms with E-state index in [1.807, 2.05) is 75.4 Å². The molecule has 2 atom stereocenters. The predicted octanol–water partition coefficient (Wildman–Crippen LogP) is 7.05. The summed E-state index contributed by atoms with van der Waals surface area (Å²) in [6.07, 6.45) is 0.934. The van der Waals surface area contributed by atoms with Crippen molar-refractivity contribution in [2.24, 2.45) is 0 Å². The van der Waals surface area contributed by atoms with E-state index in [-0.39, 0.29) is 45.5 Å². The highest BCUT2D eigenvalue weighted by atomic mass is 35.5. The molecule has 0 bridgehead atoms. The number of amides is 2. The van der Waals surface area contributed by atoms with E-state index >= 15 is 0 Å². The van der Waals surface area contributed by atoms with Gasteiger partial charge in [0.15, 0.2) is 0 Å². The summed E-state index contributed by atoms with van der Waals surface area (Å²) in [5.41, 5.74) is 2.79. The van der Waals surface area contributed by atoms with Crippen LogP contribution in [0.4, 0.5) is 5.69 Å². The van der Waals surface area contributed by atoms with Crippen LogP contribution in [-0.2, 0) is 32.6 Å². The first kappa shape index (κ1) is 34.0. The third-order valence-electron chi connectivity index (χ3n) is 7.45. The lowest BCUT2D eigenvalue weighted by Gasteiger charge is -2.34. The van der Waals surface area contributed by atoms with E-state index in [4.69, 9.17) is 23.2 Å². The fraction of sp³-hybridized carbons (Fsp3) is 0.257. The number of benzene rings is 4. The molecule has 0 spiro atoms. The van der Waals surface area contributed by atoms with E-state index in [0.29, 0.717) is 6.42 Å². The topological polar surface area (TPSA) is 86.8 Å². The van der Waals surface area contributed by atoms with Crippen LogP contribution in [0.3, 0.4) is 0 Å². The van der Waals surface area contributed by atoms with Crippen LogP contribution in [0.25, 0.3) is 0 Å². The highest BCUT2D eigenvalue weighted by Gasteiger charge is 2.35. The number of aryl methyl sites for hydroxylation is 1. The third kappa shape index (κ3) is 9.10. The molecule has 0 fully saturated rings. The first-order chi connectivity index (χ1) is 21.5. The molecular weight excluding hydrogens is 629 g/mol. The summed E-state index contributed by atoms with van der Waals surface area (Å²) in [5.74, 6) is -0.884. The summed E-state index contributed by atoms with van der Waals surface area (Å²) < 4.78 is 29.2. The third-order valence-corrected chi connectivity index (χ3v) is 9.68. The van der Waals surface area contributed by atoms with Crippen molar-refractivity contribution in [2.75, 3.05) is 10.8 Å². The van der Waals surface area contributed by atoms with Gasteiger partial charge < -0.3 is 10.2 Å². The van der Waals surface area contributed by atoms with Crippen LogP contribution in [0, 0.1) is 6.92 Å². The second-order valence-electron chi connectivity index (χ2n) is 11.0. The molecule has 10 heteroatoms. The smallest absolute Gasteiger partial charge is 0.264 e. The summed E-state index contributed by atoms with van der Waals surface area (Å²) in [6.45, 7) is 5.31. The second-order valence-corrected chi connectivity index (χ2v) is 13.7. The van der Waals surface area contributed by atoms with Gasteiger partial charge in [-0.1, -0.05) is 108 Å². The molecule has 7 nitrogen and oxygen atoms in total. The number of sulfonamides is 1. The van der Waals surface area contributed by atoms with Crippen LogP contribution >= 0.6 is 23.2 Å². The van der Waals surface area contributed by atoms with Crippen molar-refractivity contribution in [3.8, 4) is 0 Å². The summed E-state index contributed by atoms with van der Waals surface area (Å²) in [4.78, 5) is 29.9. The van der Waals surface area contributed by atoms with Gasteiger partial charge in [0.05, 0.1) is 10.6 Å². The number of carbonyl (C=O) groups is 2. The normalized spacial score (nSPS) is 12.6. The minimum absolute atomic E-state index is 0.00511. The number of halogens is 2. The fourth-order valence-electron chi connectivity index (χ4n) is 4.93. The molecule has 0 aromatic heterocycles. The molecule has 0 aliphatic heterocycles. The van der Waals surface area contributed by atoms with Crippen molar-refractivity contribution in [2.45, 2.75) is 57.1 Å². The summed E-state index contributed by atoms with van der Waals surface area (Å²) in [6, 6.07) is 28.3. The second kappa shape index (κ2) is 15.4. The molecule has 0 saturated heterocycles. The van der Waals surface area contributed by atoms with Gasteiger partial charge in [0, 0.05) is 29.1 Å². The standard InChI is InChI=1S/C35H37Cl2N3O4S/c1-4-26(3)38-35(42)33(19-27-13-7-5-8-14-27)39(23-28-15-11-12-25(2)18-28)34(41)24-40(31-21-29(36)20-30(37)22-31)45(43,44)32-16-9-6-10-17-32/h5-18,20-22,26,33H,4,19,23-24H2,1-3H3,(H,38,42)/t26-,33-/m0/s1. The highest BCUT2D eigenvalue weighted by Crippen LogP contribution is 2.30. The lowest BCUT2D eigenvalue weighted by Crippen LogP contribution is -2.54. The Morgan fingerprint density at radius 2 is 1.42 bits per heavy atom. The van der Waals surface area contributed by atoms with Gasteiger partial charge in [-0.15, -0.1) is 0 Å². The van der Waals surface area contributed by atoms with Crippen LogP contribution in [0.5, 0.6) is 0 Å².